The first-order valence-corrected chi connectivity index (χ1v) is 12.4. The number of nitrogens with zero attached hydrogens (tertiary/aromatic N) is 5. The summed E-state index contributed by atoms with van der Waals surface area (Å²) in [5.41, 5.74) is 1.24. The third kappa shape index (κ3) is 6.67. The Morgan fingerprint density at radius 3 is 2.80 bits per heavy atom. The first-order chi connectivity index (χ1) is 16.9. The average molecular weight is 515 g/mol. The molecule has 1 unspecified atom stereocenters. The lowest BCUT2D eigenvalue weighted by Gasteiger charge is -2.40. The molecule has 8 nitrogen and oxygen atoms in total. The van der Waals surface area contributed by atoms with Crippen molar-refractivity contribution in [3.05, 3.63) is 77.0 Å². The van der Waals surface area contributed by atoms with Crippen LogP contribution >= 0.6 is 23.4 Å². The number of carbonyl (C=O) groups is 2. The number of carbonyl (C=O) groups excluding carboxylic acids is 2. The number of piperazine rings is 1. The van der Waals surface area contributed by atoms with Crippen molar-refractivity contribution in [2.45, 2.75) is 24.7 Å². The Labute approximate surface area is 211 Å². The summed E-state index contributed by atoms with van der Waals surface area (Å²) in [6, 6.07) is 11.0. The van der Waals surface area contributed by atoms with Gasteiger partial charge in [-0.05, 0) is 36.8 Å². The highest BCUT2D eigenvalue weighted by Crippen LogP contribution is 2.24. The molecule has 1 aliphatic rings. The minimum atomic E-state index is -0.437. The van der Waals surface area contributed by atoms with Crippen molar-refractivity contribution in [2.24, 2.45) is 0 Å². The molecule has 1 aliphatic heterocycles. The molecule has 182 valence electrons. The van der Waals surface area contributed by atoms with Gasteiger partial charge in [0.05, 0.1) is 5.75 Å². The summed E-state index contributed by atoms with van der Waals surface area (Å²) in [6.07, 6.45) is 3.38. The predicted octanol–water partition coefficient (Wildman–Crippen LogP) is 3.42. The second-order valence-electron chi connectivity index (χ2n) is 8.06. The van der Waals surface area contributed by atoms with Gasteiger partial charge in [0.25, 0.3) is 5.91 Å². The van der Waals surface area contributed by atoms with E-state index in [0.717, 1.165) is 5.56 Å². The van der Waals surface area contributed by atoms with Gasteiger partial charge in [0, 0.05) is 56.2 Å². The molecule has 0 bridgehead atoms. The second-order valence-corrected chi connectivity index (χ2v) is 9.39. The van der Waals surface area contributed by atoms with Crippen molar-refractivity contribution in [3.63, 3.8) is 0 Å². The van der Waals surface area contributed by atoms with E-state index in [2.05, 4.69) is 20.3 Å². The lowest BCUT2D eigenvalue weighted by molar-refractivity contribution is -0.118. The van der Waals surface area contributed by atoms with Crippen LogP contribution in [0.2, 0.25) is 5.15 Å². The topological polar surface area (TPSA) is 91.3 Å². The molecule has 1 fully saturated rings. The van der Waals surface area contributed by atoms with Gasteiger partial charge in [0.1, 0.15) is 16.8 Å². The minimum absolute atomic E-state index is 0.123. The number of rotatable bonds is 7. The highest BCUT2D eigenvalue weighted by atomic mass is 35.5. The number of aromatic nitrogens is 3. The predicted molar refractivity (Wildman–Crippen MR) is 133 cm³/mol. The van der Waals surface area contributed by atoms with E-state index in [1.165, 1.54) is 30.0 Å². The molecule has 4 rings (SSSR count). The highest BCUT2D eigenvalue weighted by molar-refractivity contribution is 7.99. The van der Waals surface area contributed by atoms with Crippen LogP contribution in [0.15, 0.2) is 60.0 Å². The van der Waals surface area contributed by atoms with Crippen LogP contribution in [0.3, 0.4) is 0 Å². The van der Waals surface area contributed by atoms with Crippen LogP contribution in [-0.4, -0.2) is 63.1 Å². The second kappa shape index (κ2) is 11.5. The monoisotopic (exact) mass is 514 g/mol. The third-order valence-electron chi connectivity index (χ3n) is 5.49. The summed E-state index contributed by atoms with van der Waals surface area (Å²) in [4.78, 5) is 41.7. The molecule has 1 saturated heterocycles. The summed E-state index contributed by atoms with van der Waals surface area (Å²) in [5.74, 6) is -0.0127. The van der Waals surface area contributed by atoms with Crippen LogP contribution in [0.5, 0.6) is 0 Å². The van der Waals surface area contributed by atoms with Crippen LogP contribution in [0.25, 0.3) is 0 Å². The van der Waals surface area contributed by atoms with E-state index in [9.17, 15) is 14.0 Å². The zero-order valence-corrected chi connectivity index (χ0v) is 20.6. The van der Waals surface area contributed by atoms with Crippen molar-refractivity contribution in [3.8, 4) is 0 Å². The number of hydrogen-bond donors (Lipinski definition) is 1. The fourth-order valence-corrected chi connectivity index (χ4v) is 4.66. The summed E-state index contributed by atoms with van der Waals surface area (Å²) < 4.78 is 13.5. The van der Waals surface area contributed by atoms with Crippen LogP contribution in [0.1, 0.15) is 22.8 Å². The van der Waals surface area contributed by atoms with Crippen LogP contribution in [0, 0.1) is 5.82 Å². The van der Waals surface area contributed by atoms with Gasteiger partial charge in [-0.2, -0.15) is 0 Å². The van der Waals surface area contributed by atoms with Gasteiger partial charge in [-0.15, -0.1) is 0 Å². The number of hydrogen-bond acceptors (Lipinski definition) is 7. The van der Waals surface area contributed by atoms with Gasteiger partial charge in [0.15, 0.2) is 5.16 Å². The molecule has 2 aromatic heterocycles. The van der Waals surface area contributed by atoms with Crippen molar-refractivity contribution < 1.29 is 14.0 Å². The number of thioether (sulfide) groups is 1. The summed E-state index contributed by atoms with van der Waals surface area (Å²) >= 11 is 7.44. The van der Waals surface area contributed by atoms with Crippen molar-refractivity contribution in [1.29, 1.82) is 0 Å². The lowest BCUT2D eigenvalue weighted by Crippen LogP contribution is -2.54. The molecule has 35 heavy (non-hydrogen) atoms. The maximum absolute atomic E-state index is 13.5. The van der Waals surface area contributed by atoms with E-state index < -0.39 is 5.82 Å². The van der Waals surface area contributed by atoms with Gasteiger partial charge in [-0.3, -0.25) is 14.6 Å². The number of nitrogens with one attached hydrogen (secondary N) is 1. The molecule has 3 heterocycles. The normalized spacial score (nSPS) is 15.7. The first kappa shape index (κ1) is 24.9. The van der Waals surface area contributed by atoms with Crippen molar-refractivity contribution in [2.75, 3.05) is 30.3 Å². The van der Waals surface area contributed by atoms with Crippen LogP contribution in [-0.2, 0) is 11.3 Å². The van der Waals surface area contributed by atoms with E-state index >= 15 is 0 Å². The largest absolute Gasteiger partial charge is 0.353 e. The maximum atomic E-state index is 13.5. The van der Waals surface area contributed by atoms with Crippen molar-refractivity contribution >= 4 is 41.0 Å². The standard InChI is InChI=1S/C24H24ClFN6O2S/c1-16-14-31(8-9-32(16)23(34)18-5-2-6-19(26)10-18)21-11-20(25)29-24(30-21)35-15-22(33)28-13-17-4-3-7-27-12-17/h2-7,10-12,16H,8-9,13-15H2,1H3,(H,28,33). The molecule has 2 amide bonds. The Kier molecular flexibility index (Phi) is 8.14. The summed E-state index contributed by atoms with van der Waals surface area (Å²) in [7, 11) is 0. The lowest BCUT2D eigenvalue weighted by atomic mass is 10.1. The van der Waals surface area contributed by atoms with Gasteiger partial charge in [-0.1, -0.05) is 35.5 Å². The fraction of sp³-hybridized carbons (Fsp3) is 0.292. The number of benzene rings is 1. The molecular weight excluding hydrogens is 491 g/mol. The molecule has 0 aliphatic carbocycles. The van der Waals surface area contributed by atoms with E-state index in [-0.39, 0.29) is 28.8 Å². The SMILES string of the molecule is CC1CN(c2cc(Cl)nc(SCC(=O)NCc3cccnc3)n2)CCN1C(=O)c1cccc(F)c1. The molecule has 0 spiro atoms. The van der Waals surface area contributed by atoms with Gasteiger partial charge >= 0.3 is 0 Å². The summed E-state index contributed by atoms with van der Waals surface area (Å²) in [6.45, 7) is 3.86. The van der Waals surface area contributed by atoms with Gasteiger partial charge in [-0.25, -0.2) is 14.4 Å². The maximum Gasteiger partial charge on any atom is 0.254 e. The Bertz CT molecular complexity index is 1200. The average Bonchev–Trinajstić information content (AvgIpc) is 2.86. The molecule has 11 heteroatoms. The quantitative estimate of drug-likeness (QED) is 0.293. The van der Waals surface area contributed by atoms with Gasteiger partial charge < -0.3 is 15.1 Å². The molecule has 1 atom stereocenters. The van der Waals surface area contributed by atoms with Gasteiger partial charge in [0.2, 0.25) is 5.91 Å². The number of halogens is 2. The number of amides is 2. The van der Waals surface area contributed by atoms with Crippen LogP contribution in [0.4, 0.5) is 10.2 Å². The third-order valence-corrected chi connectivity index (χ3v) is 6.53. The van der Waals surface area contributed by atoms with E-state index in [1.54, 1.807) is 29.4 Å². The first-order valence-electron chi connectivity index (χ1n) is 11.0. The highest BCUT2D eigenvalue weighted by Gasteiger charge is 2.29. The Hall–Kier alpha value is -3.24. The molecule has 1 aromatic carbocycles. The van der Waals surface area contributed by atoms with Crippen molar-refractivity contribution in [1.82, 2.24) is 25.2 Å². The molecule has 0 radical (unpaired) electrons. The molecule has 0 saturated carbocycles. The fourth-order valence-electron chi connectivity index (χ4n) is 3.75. The Morgan fingerprint density at radius 2 is 2.06 bits per heavy atom. The summed E-state index contributed by atoms with van der Waals surface area (Å²) in [5, 5.41) is 3.52. The molecule has 1 N–H and O–H groups in total. The van der Waals surface area contributed by atoms with E-state index in [4.69, 9.17) is 11.6 Å². The van der Waals surface area contributed by atoms with E-state index in [1.807, 2.05) is 24.0 Å². The molecule has 3 aromatic rings. The smallest absolute Gasteiger partial charge is 0.254 e. The number of anilines is 1. The minimum Gasteiger partial charge on any atom is -0.353 e. The Balaban J connectivity index is 1.34. The van der Waals surface area contributed by atoms with Crippen LogP contribution < -0.4 is 10.2 Å². The Morgan fingerprint density at radius 1 is 1.20 bits per heavy atom. The van der Waals surface area contributed by atoms with E-state index in [0.29, 0.717) is 42.7 Å². The zero-order valence-electron chi connectivity index (χ0n) is 19.0. The zero-order chi connectivity index (χ0) is 24.8. The molecular formula is C24H24ClFN6O2S. The number of pyridine rings is 1.